The zero-order valence-corrected chi connectivity index (χ0v) is 12.2. The molecule has 1 heterocycles. The van der Waals surface area contributed by atoms with E-state index < -0.39 is 11.9 Å². The molecule has 0 spiro atoms. The number of carbonyl (C=O) groups excluding carboxylic acids is 1. The maximum absolute atomic E-state index is 12.1. The van der Waals surface area contributed by atoms with Gasteiger partial charge in [-0.2, -0.15) is 0 Å². The van der Waals surface area contributed by atoms with Crippen molar-refractivity contribution in [3.63, 3.8) is 0 Å². The number of aliphatic hydroxyl groups excluding tert-OH is 1. The molecule has 0 aromatic carbocycles. The van der Waals surface area contributed by atoms with E-state index in [4.69, 9.17) is 14.9 Å². The molecule has 7 nitrogen and oxygen atoms in total. The molecule has 20 heavy (non-hydrogen) atoms. The van der Waals surface area contributed by atoms with Gasteiger partial charge in [0.15, 0.2) is 5.57 Å². The molecule has 114 valence electrons. The van der Waals surface area contributed by atoms with E-state index in [2.05, 4.69) is 5.32 Å². The van der Waals surface area contributed by atoms with E-state index in [9.17, 15) is 9.90 Å². The lowest BCUT2D eigenvalue weighted by Crippen LogP contribution is -2.45. The van der Waals surface area contributed by atoms with E-state index in [1.165, 1.54) is 0 Å². The fourth-order valence-electron chi connectivity index (χ4n) is 1.79. The first-order valence-corrected chi connectivity index (χ1v) is 6.75. The van der Waals surface area contributed by atoms with E-state index in [-0.39, 0.29) is 24.1 Å². The number of carbonyl (C=O) groups is 1. The summed E-state index contributed by atoms with van der Waals surface area (Å²) in [6.45, 7) is 7.56. The van der Waals surface area contributed by atoms with Gasteiger partial charge in [0, 0.05) is 19.1 Å². The summed E-state index contributed by atoms with van der Waals surface area (Å²) in [6.07, 6.45) is 0. The van der Waals surface area contributed by atoms with Crippen LogP contribution in [0.15, 0.2) is 11.5 Å². The van der Waals surface area contributed by atoms with Gasteiger partial charge in [0.2, 0.25) is 0 Å². The van der Waals surface area contributed by atoms with Gasteiger partial charge >= 0.3 is 0 Å². The first kappa shape index (κ1) is 16.3. The molecule has 0 aromatic rings. The highest BCUT2D eigenvalue weighted by Gasteiger charge is 2.27. The number of rotatable bonds is 5. The number of hydrogen-bond donors (Lipinski definition) is 3. The van der Waals surface area contributed by atoms with Crippen molar-refractivity contribution < 1.29 is 19.4 Å². The number of morpholine rings is 1. The van der Waals surface area contributed by atoms with Crippen LogP contribution >= 0.6 is 0 Å². The lowest BCUT2D eigenvalue weighted by Gasteiger charge is -2.29. The number of aliphatic hydroxyl groups is 1. The topological polar surface area (TPSA) is 94.9 Å². The molecule has 1 aliphatic rings. The highest BCUT2D eigenvalue weighted by molar-refractivity contribution is 6.19. The summed E-state index contributed by atoms with van der Waals surface area (Å²) in [5.41, 5.74) is -0.137. The van der Waals surface area contributed by atoms with Crippen molar-refractivity contribution in [3.8, 4) is 0 Å². The third-order valence-corrected chi connectivity index (χ3v) is 2.71. The molecule has 1 fully saturated rings. The number of nitrogens with one attached hydrogen (secondary N) is 2. The zero-order chi connectivity index (χ0) is 15.1. The molecule has 1 rings (SSSR count). The zero-order valence-electron chi connectivity index (χ0n) is 12.2. The largest absolute Gasteiger partial charge is 0.480 e. The Bertz CT molecular complexity index is 387. The van der Waals surface area contributed by atoms with Crippen molar-refractivity contribution in [2.75, 3.05) is 32.9 Å². The van der Waals surface area contributed by atoms with Crippen LogP contribution in [0.25, 0.3) is 0 Å². The van der Waals surface area contributed by atoms with Gasteiger partial charge in [-0.1, -0.05) is 0 Å². The van der Waals surface area contributed by atoms with Crippen molar-refractivity contribution in [2.45, 2.75) is 26.8 Å². The second-order valence-corrected chi connectivity index (χ2v) is 4.69. The van der Waals surface area contributed by atoms with Gasteiger partial charge in [0.1, 0.15) is 5.84 Å². The first-order valence-electron chi connectivity index (χ1n) is 6.75. The Morgan fingerprint density at radius 2 is 2.05 bits per heavy atom. The predicted octanol–water partition coefficient (Wildman–Crippen LogP) is 0.627. The SMILES string of the molecule is CCOC(O)=C(C(=N)N1CCOCC1)C(=O)NC(C)C. The number of amides is 1. The quantitative estimate of drug-likeness (QED) is 0.298. The number of nitrogens with zero attached hydrogens (tertiary/aromatic N) is 1. The number of hydrogen-bond acceptors (Lipinski definition) is 5. The molecule has 1 aliphatic heterocycles. The monoisotopic (exact) mass is 285 g/mol. The van der Waals surface area contributed by atoms with Gasteiger partial charge in [0.05, 0.1) is 19.8 Å². The van der Waals surface area contributed by atoms with E-state index in [0.29, 0.717) is 26.3 Å². The van der Waals surface area contributed by atoms with Crippen LogP contribution in [-0.2, 0) is 14.3 Å². The third kappa shape index (κ3) is 4.41. The second kappa shape index (κ2) is 7.74. The Kier molecular flexibility index (Phi) is 6.30. The van der Waals surface area contributed by atoms with Crippen LogP contribution in [-0.4, -0.2) is 60.7 Å². The summed E-state index contributed by atoms with van der Waals surface area (Å²) < 4.78 is 10.2. The van der Waals surface area contributed by atoms with Crippen molar-refractivity contribution in [3.05, 3.63) is 11.5 Å². The number of ether oxygens (including phenoxy) is 2. The van der Waals surface area contributed by atoms with Gasteiger partial charge in [0.25, 0.3) is 11.9 Å². The molecule has 0 atom stereocenters. The van der Waals surface area contributed by atoms with Crippen LogP contribution < -0.4 is 5.32 Å². The molecule has 0 saturated carbocycles. The minimum absolute atomic E-state index is 0.0441. The number of amidine groups is 1. The predicted molar refractivity (Wildman–Crippen MR) is 74.7 cm³/mol. The lowest BCUT2D eigenvalue weighted by atomic mass is 10.2. The van der Waals surface area contributed by atoms with Crippen LogP contribution in [0, 0.1) is 5.41 Å². The van der Waals surface area contributed by atoms with Crippen LogP contribution in [0.5, 0.6) is 0 Å². The van der Waals surface area contributed by atoms with Crippen molar-refractivity contribution >= 4 is 11.7 Å². The summed E-state index contributed by atoms with van der Waals surface area (Å²) in [7, 11) is 0. The first-order chi connectivity index (χ1) is 9.47. The average Bonchev–Trinajstić information content (AvgIpc) is 2.39. The molecule has 1 amide bonds. The highest BCUT2D eigenvalue weighted by Crippen LogP contribution is 2.11. The fraction of sp³-hybridized carbons (Fsp3) is 0.692. The van der Waals surface area contributed by atoms with E-state index >= 15 is 0 Å². The van der Waals surface area contributed by atoms with Crippen LogP contribution in [0.2, 0.25) is 0 Å². The Morgan fingerprint density at radius 1 is 1.45 bits per heavy atom. The third-order valence-electron chi connectivity index (χ3n) is 2.71. The maximum atomic E-state index is 12.1. The maximum Gasteiger partial charge on any atom is 0.293 e. The summed E-state index contributed by atoms with van der Waals surface area (Å²) in [6, 6.07) is -0.0931. The van der Waals surface area contributed by atoms with Crippen molar-refractivity contribution in [1.82, 2.24) is 10.2 Å². The summed E-state index contributed by atoms with van der Waals surface area (Å²) >= 11 is 0. The minimum atomic E-state index is -0.512. The summed E-state index contributed by atoms with van der Waals surface area (Å²) in [4.78, 5) is 13.8. The van der Waals surface area contributed by atoms with Crippen molar-refractivity contribution in [1.29, 1.82) is 5.41 Å². The van der Waals surface area contributed by atoms with E-state index in [0.717, 1.165) is 0 Å². The van der Waals surface area contributed by atoms with Gasteiger partial charge in [-0.05, 0) is 20.8 Å². The minimum Gasteiger partial charge on any atom is -0.480 e. The molecule has 1 saturated heterocycles. The fourth-order valence-corrected chi connectivity index (χ4v) is 1.79. The molecule has 3 N–H and O–H groups in total. The molecule has 0 aliphatic carbocycles. The van der Waals surface area contributed by atoms with Crippen LogP contribution in [0.4, 0.5) is 0 Å². The van der Waals surface area contributed by atoms with Crippen LogP contribution in [0.3, 0.4) is 0 Å². The molecule has 0 aromatic heterocycles. The summed E-state index contributed by atoms with van der Waals surface area (Å²) in [5.74, 6) is -1.07. The van der Waals surface area contributed by atoms with E-state index in [1.807, 2.05) is 13.8 Å². The molecule has 0 bridgehead atoms. The Morgan fingerprint density at radius 3 is 2.55 bits per heavy atom. The second-order valence-electron chi connectivity index (χ2n) is 4.69. The van der Waals surface area contributed by atoms with Gasteiger partial charge < -0.3 is 24.8 Å². The Hall–Kier alpha value is -1.76. The molecular weight excluding hydrogens is 262 g/mol. The highest BCUT2D eigenvalue weighted by atomic mass is 16.6. The van der Waals surface area contributed by atoms with E-state index in [1.54, 1.807) is 11.8 Å². The Balaban J connectivity index is 2.94. The molecular formula is C13H23N3O4. The smallest absolute Gasteiger partial charge is 0.293 e. The summed E-state index contributed by atoms with van der Waals surface area (Å²) in [5, 5.41) is 20.7. The standard InChI is InChI=1S/C13H23N3O4/c1-4-20-13(18)10(12(17)15-9(2)3)11(14)16-5-7-19-8-6-16/h9,14,18H,4-8H2,1-3H3,(H,15,17). The molecule has 0 radical (unpaired) electrons. The van der Waals surface area contributed by atoms with Crippen molar-refractivity contribution in [2.24, 2.45) is 0 Å². The van der Waals surface area contributed by atoms with Gasteiger partial charge in [-0.25, -0.2) is 0 Å². The average molecular weight is 285 g/mol. The van der Waals surface area contributed by atoms with Crippen LogP contribution in [0.1, 0.15) is 20.8 Å². The van der Waals surface area contributed by atoms with Gasteiger partial charge in [-0.3, -0.25) is 10.2 Å². The normalized spacial score (nSPS) is 16.7. The Labute approximate surface area is 119 Å². The molecule has 7 heteroatoms. The molecule has 0 unspecified atom stereocenters. The lowest BCUT2D eigenvalue weighted by molar-refractivity contribution is -0.118. The van der Waals surface area contributed by atoms with Gasteiger partial charge in [-0.15, -0.1) is 0 Å².